The van der Waals surface area contributed by atoms with Gasteiger partial charge in [-0.15, -0.1) is 0 Å². The first-order chi connectivity index (χ1) is 10.1. The third-order valence-corrected chi connectivity index (χ3v) is 3.79. The molecule has 0 aromatic heterocycles. The Kier molecular flexibility index (Phi) is 4.83. The minimum atomic E-state index is -1.11. The van der Waals surface area contributed by atoms with E-state index in [1.54, 1.807) is 24.3 Å². The number of amides is 1. The summed E-state index contributed by atoms with van der Waals surface area (Å²) in [5.41, 5.74) is -0.687. The van der Waals surface area contributed by atoms with E-state index in [0.717, 1.165) is 19.3 Å². The fraction of sp³-hybridized carbons (Fsp3) is 0.500. The van der Waals surface area contributed by atoms with Gasteiger partial charge in [0.1, 0.15) is 11.3 Å². The van der Waals surface area contributed by atoms with Gasteiger partial charge in [0.2, 0.25) is 0 Å². The molecule has 1 aliphatic carbocycles. The van der Waals surface area contributed by atoms with Crippen LogP contribution in [-0.4, -0.2) is 29.1 Å². The average Bonchev–Trinajstić information content (AvgIpc) is 2.95. The average molecular weight is 291 g/mol. The van der Waals surface area contributed by atoms with E-state index in [4.69, 9.17) is 4.74 Å². The lowest BCUT2D eigenvalue weighted by atomic mass is 9.97. The molecule has 1 aliphatic rings. The Hall–Kier alpha value is -2.04. The summed E-state index contributed by atoms with van der Waals surface area (Å²) in [5.74, 6) is -0.687. The molecule has 114 valence electrons. The second kappa shape index (κ2) is 6.61. The molecular formula is C16H21NO4. The van der Waals surface area contributed by atoms with Crippen molar-refractivity contribution >= 4 is 11.9 Å². The van der Waals surface area contributed by atoms with Crippen molar-refractivity contribution in [1.82, 2.24) is 5.32 Å². The number of carbonyl (C=O) groups is 2. The van der Waals surface area contributed by atoms with Crippen molar-refractivity contribution in [3.63, 3.8) is 0 Å². The molecule has 1 saturated carbocycles. The van der Waals surface area contributed by atoms with Crippen LogP contribution in [0.5, 0.6) is 5.75 Å². The van der Waals surface area contributed by atoms with Gasteiger partial charge in [-0.05, 0) is 37.5 Å². The standard InChI is InChI=1S/C16H21NO4/c1-2-10-21-13-7-5-6-12(11-13)14(18)17-16(15(19)20)8-3-4-9-16/h5-7,11H,2-4,8-10H2,1H3,(H,17,18)(H,19,20). The van der Waals surface area contributed by atoms with Gasteiger partial charge in [-0.25, -0.2) is 4.79 Å². The first-order valence-corrected chi connectivity index (χ1v) is 7.36. The summed E-state index contributed by atoms with van der Waals surface area (Å²) in [6.07, 6.45) is 3.51. The molecule has 5 nitrogen and oxygen atoms in total. The maximum atomic E-state index is 12.3. The molecule has 0 spiro atoms. The van der Waals surface area contributed by atoms with Gasteiger partial charge in [0.05, 0.1) is 6.61 Å². The van der Waals surface area contributed by atoms with Gasteiger partial charge in [-0.2, -0.15) is 0 Å². The Balaban J connectivity index is 2.10. The van der Waals surface area contributed by atoms with E-state index in [9.17, 15) is 14.7 Å². The van der Waals surface area contributed by atoms with Crippen molar-refractivity contribution in [2.45, 2.75) is 44.6 Å². The molecule has 5 heteroatoms. The molecule has 0 atom stereocenters. The summed E-state index contributed by atoms with van der Waals surface area (Å²) in [4.78, 5) is 23.8. The molecule has 2 N–H and O–H groups in total. The summed E-state index contributed by atoms with van der Waals surface area (Å²) >= 11 is 0. The minimum absolute atomic E-state index is 0.360. The highest BCUT2D eigenvalue weighted by Crippen LogP contribution is 2.30. The van der Waals surface area contributed by atoms with Gasteiger partial charge in [-0.3, -0.25) is 4.79 Å². The van der Waals surface area contributed by atoms with Gasteiger partial charge in [-0.1, -0.05) is 25.8 Å². The maximum Gasteiger partial charge on any atom is 0.329 e. The number of carbonyl (C=O) groups excluding carboxylic acids is 1. The van der Waals surface area contributed by atoms with E-state index in [1.807, 2.05) is 6.92 Å². The highest BCUT2D eigenvalue weighted by Gasteiger charge is 2.42. The fourth-order valence-corrected chi connectivity index (χ4v) is 2.61. The topological polar surface area (TPSA) is 75.6 Å². The minimum Gasteiger partial charge on any atom is -0.494 e. The van der Waals surface area contributed by atoms with Crippen LogP contribution in [0.4, 0.5) is 0 Å². The number of carboxylic acids is 1. The zero-order chi connectivity index (χ0) is 15.3. The van der Waals surface area contributed by atoms with Crippen LogP contribution in [0.15, 0.2) is 24.3 Å². The van der Waals surface area contributed by atoms with E-state index in [-0.39, 0.29) is 5.91 Å². The van der Waals surface area contributed by atoms with Gasteiger partial charge in [0, 0.05) is 5.56 Å². The molecular weight excluding hydrogens is 270 g/mol. The van der Waals surface area contributed by atoms with Crippen molar-refractivity contribution < 1.29 is 19.4 Å². The molecule has 0 bridgehead atoms. The molecule has 0 aliphatic heterocycles. The summed E-state index contributed by atoms with van der Waals surface area (Å²) in [7, 11) is 0. The first-order valence-electron chi connectivity index (χ1n) is 7.36. The third-order valence-electron chi connectivity index (χ3n) is 3.79. The van der Waals surface area contributed by atoms with Gasteiger partial charge >= 0.3 is 5.97 Å². The summed E-state index contributed by atoms with van der Waals surface area (Å²) < 4.78 is 5.49. The molecule has 0 unspecified atom stereocenters. The Morgan fingerprint density at radius 3 is 2.67 bits per heavy atom. The Labute approximate surface area is 124 Å². The van der Waals surface area contributed by atoms with E-state index < -0.39 is 11.5 Å². The predicted octanol–water partition coefficient (Wildman–Crippen LogP) is 2.60. The molecule has 0 radical (unpaired) electrons. The Bertz CT molecular complexity index is 521. The lowest BCUT2D eigenvalue weighted by Gasteiger charge is -2.25. The second-order valence-corrected chi connectivity index (χ2v) is 5.42. The summed E-state index contributed by atoms with van der Waals surface area (Å²) in [6, 6.07) is 6.84. The van der Waals surface area contributed by atoms with Crippen LogP contribution in [0.2, 0.25) is 0 Å². The van der Waals surface area contributed by atoms with Crippen molar-refractivity contribution in [3.8, 4) is 5.75 Å². The maximum absolute atomic E-state index is 12.3. The summed E-state index contributed by atoms with van der Waals surface area (Å²) in [5, 5.41) is 12.1. The lowest BCUT2D eigenvalue weighted by molar-refractivity contribution is -0.144. The lowest BCUT2D eigenvalue weighted by Crippen LogP contribution is -2.52. The number of carboxylic acid groups (broad SMARTS) is 1. The van der Waals surface area contributed by atoms with Gasteiger partial charge in [0.25, 0.3) is 5.91 Å². The number of nitrogens with one attached hydrogen (secondary N) is 1. The number of hydrogen-bond acceptors (Lipinski definition) is 3. The number of rotatable bonds is 6. The summed E-state index contributed by atoms with van der Waals surface area (Å²) in [6.45, 7) is 2.59. The second-order valence-electron chi connectivity index (χ2n) is 5.42. The fourth-order valence-electron chi connectivity index (χ4n) is 2.61. The monoisotopic (exact) mass is 291 g/mol. The quantitative estimate of drug-likeness (QED) is 0.844. The van der Waals surface area contributed by atoms with E-state index >= 15 is 0 Å². The normalized spacial score (nSPS) is 16.4. The van der Waals surface area contributed by atoms with Crippen LogP contribution in [0.1, 0.15) is 49.4 Å². The molecule has 1 aromatic rings. The number of benzene rings is 1. The number of aliphatic carboxylic acids is 1. The van der Waals surface area contributed by atoms with Crippen LogP contribution < -0.4 is 10.1 Å². The molecule has 0 saturated heterocycles. The van der Waals surface area contributed by atoms with Crippen LogP contribution in [0.25, 0.3) is 0 Å². The van der Waals surface area contributed by atoms with Crippen molar-refractivity contribution in [1.29, 1.82) is 0 Å². The van der Waals surface area contributed by atoms with Gasteiger partial charge < -0.3 is 15.2 Å². The van der Waals surface area contributed by atoms with Crippen LogP contribution in [0, 0.1) is 0 Å². The first kappa shape index (κ1) is 15.4. The van der Waals surface area contributed by atoms with Crippen molar-refractivity contribution in [2.24, 2.45) is 0 Å². The zero-order valence-electron chi connectivity index (χ0n) is 12.2. The van der Waals surface area contributed by atoms with Crippen molar-refractivity contribution in [2.75, 3.05) is 6.61 Å². The molecule has 1 fully saturated rings. The number of hydrogen-bond donors (Lipinski definition) is 2. The largest absolute Gasteiger partial charge is 0.494 e. The molecule has 2 rings (SSSR count). The molecule has 0 heterocycles. The third kappa shape index (κ3) is 3.54. The predicted molar refractivity (Wildman–Crippen MR) is 78.5 cm³/mol. The Morgan fingerprint density at radius 2 is 2.05 bits per heavy atom. The van der Waals surface area contributed by atoms with E-state index in [0.29, 0.717) is 30.8 Å². The van der Waals surface area contributed by atoms with Crippen LogP contribution >= 0.6 is 0 Å². The zero-order valence-corrected chi connectivity index (χ0v) is 12.2. The highest BCUT2D eigenvalue weighted by atomic mass is 16.5. The SMILES string of the molecule is CCCOc1cccc(C(=O)NC2(C(=O)O)CCCC2)c1. The molecule has 1 amide bonds. The highest BCUT2D eigenvalue weighted by molar-refractivity contribution is 5.98. The van der Waals surface area contributed by atoms with Crippen molar-refractivity contribution in [3.05, 3.63) is 29.8 Å². The molecule has 1 aromatic carbocycles. The Morgan fingerprint density at radius 1 is 1.33 bits per heavy atom. The van der Waals surface area contributed by atoms with Crippen LogP contribution in [0.3, 0.4) is 0 Å². The number of ether oxygens (including phenoxy) is 1. The van der Waals surface area contributed by atoms with Gasteiger partial charge in [0.15, 0.2) is 0 Å². The smallest absolute Gasteiger partial charge is 0.329 e. The molecule has 21 heavy (non-hydrogen) atoms. The van der Waals surface area contributed by atoms with E-state index in [2.05, 4.69) is 5.32 Å². The van der Waals surface area contributed by atoms with E-state index in [1.165, 1.54) is 0 Å². The van der Waals surface area contributed by atoms with Crippen LogP contribution in [-0.2, 0) is 4.79 Å².